The first-order valence-electron chi connectivity index (χ1n) is 13.1. The van der Waals surface area contributed by atoms with Crippen molar-refractivity contribution < 1.29 is 0 Å². The number of hydrogen-bond acceptors (Lipinski definition) is 0. The van der Waals surface area contributed by atoms with Gasteiger partial charge in [-0.3, -0.25) is 0 Å². The number of benzene rings is 6. The van der Waals surface area contributed by atoms with E-state index in [1.54, 1.807) is 0 Å². The minimum absolute atomic E-state index is 1.06. The third kappa shape index (κ3) is 3.47. The molecule has 0 bridgehead atoms. The first-order chi connectivity index (χ1) is 19.3. The van der Waals surface area contributed by atoms with E-state index in [1.165, 1.54) is 60.4 Å². The van der Waals surface area contributed by atoms with Gasteiger partial charge < -0.3 is 9.13 Å². The molecule has 0 aliphatic carbocycles. The van der Waals surface area contributed by atoms with Crippen molar-refractivity contribution in [3.63, 3.8) is 0 Å². The molecule has 8 aromatic rings. The third-order valence-corrected chi connectivity index (χ3v) is 8.20. The van der Waals surface area contributed by atoms with Crippen molar-refractivity contribution in [2.75, 3.05) is 0 Å². The summed E-state index contributed by atoms with van der Waals surface area (Å²) < 4.78 is 5.79. The molecule has 0 N–H and O–H groups in total. The number of fused-ring (bicyclic) bond motifs is 6. The van der Waals surface area contributed by atoms with Crippen LogP contribution in [0.15, 0.2) is 144 Å². The number of nitrogens with zero attached hydrogens (tertiary/aromatic N) is 2. The second kappa shape index (κ2) is 8.72. The fourth-order valence-electron chi connectivity index (χ4n) is 6.08. The van der Waals surface area contributed by atoms with Gasteiger partial charge in [0.25, 0.3) is 0 Å². The first kappa shape index (κ1) is 22.4. The molecule has 2 heterocycles. The van der Waals surface area contributed by atoms with Crippen LogP contribution in [0.3, 0.4) is 0 Å². The van der Waals surface area contributed by atoms with Crippen molar-refractivity contribution in [3.05, 3.63) is 144 Å². The zero-order chi connectivity index (χ0) is 25.9. The maximum absolute atomic E-state index is 3.83. The van der Waals surface area contributed by atoms with E-state index in [0.717, 1.165) is 10.2 Å². The molecule has 0 atom stereocenters. The van der Waals surface area contributed by atoms with Crippen LogP contribution in [0.5, 0.6) is 0 Å². The van der Waals surface area contributed by atoms with Gasteiger partial charge in [-0.2, -0.15) is 0 Å². The van der Waals surface area contributed by atoms with Gasteiger partial charge in [0.2, 0.25) is 0 Å². The van der Waals surface area contributed by atoms with Gasteiger partial charge in [0.05, 0.1) is 22.1 Å². The second-order valence-electron chi connectivity index (χ2n) is 9.99. The van der Waals surface area contributed by atoms with Crippen LogP contribution in [-0.4, -0.2) is 9.13 Å². The van der Waals surface area contributed by atoms with Gasteiger partial charge in [-0.15, -0.1) is 0 Å². The Hall–Kier alpha value is -4.60. The molecule has 39 heavy (non-hydrogen) atoms. The number of halogens is 1. The summed E-state index contributed by atoms with van der Waals surface area (Å²) in [6, 6.07) is 50.2. The van der Waals surface area contributed by atoms with Crippen molar-refractivity contribution in [1.29, 1.82) is 0 Å². The molecule has 184 valence electrons. The third-order valence-electron chi connectivity index (χ3n) is 7.74. The number of rotatable bonds is 3. The van der Waals surface area contributed by atoms with Crippen molar-refractivity contribution in [3.8, 4) is 22.5 Å². The Labute approximate surface area is 234 Å². The molecule has 0 spiro atoms. The highest BCUT2D eigenvalue weighted by atomic mass is 79.9. The predicted octanol–water partition coefficient (Wildman–Crippen LogP) is 10.3. The Morgan fingerprint density at radius 3 is 1.51 bits per heavy atom. The van der Waals surface area contributed by atoms with E-state index < -0.39 is 0 Å². The lowest BCUT2D eigenvalue weighted by molar-refractivity contribution is 1.18. The van der Waals surface area contributed by atoms with Crippen LogP contribution in [0.4, 0.5) is 0 Å². The minimum Gasteiger partial charge on any atom is -0.309 e. The lowest BCUT2D eigenvalue weighted by atomic mass is 10.0. The highest BCUT2D eigenvalue weighted by Crippen LogP contribution is 2.38. The van der Waals surface area contributed by atoms with Crippen LogP contribution in [0.2, 0.25) is 0 Å². The largest absolute Gasteiger partial charge is 0.309 e. The molecule has 8 rings (SSSR count). The summed E-state index contributed by atoms with van der Waals surface area (Å²) >= 11 is 3.83. The van der Waals surface area contributed by atoms with Crippen LogP contribution in [0.25, 0.3) is 66.1 Å². The van der Waals surface area contributed by atoms with E-state index in [9.17, 15) is 0 Å². The van der Waals surface area contributed by atoms with E-state index in [2.05, 4.69) is 165 Å². The summed E-state index contributed by atoms with van der Waals surface area (Å²) in [4.78, 5) is 0. The van der Waals surface area contributed by atoms with Crippen molar-refractivity contribution in [2.45, 2.75) is 0 Å². The summed E-state index contributed by atoms with van der Waals surface area (Å²) in [5, 5.41) is 5.05. The first-order valence-corrected chi connectivity index (χ1v) is 13.9. The van der Waals surface area contributed by atoms with Gasteiger partial charge in [0, 0.05) is 37.4 Å². The van der Waals surface area contributed by atoms with Crippen molar-refractivity contribution in [1.82, 2.24) is 9.13 Å². The Morgan fingerprint density at radius 1 is 0.359 bits per heavy atom. The zero-order valence-electron chi connectivity index (χ0n) is 21.1. The summed E-state index contributed by atoms with van der Waals surface area (Å²) in [6.07, 6.45) is 0. The van der Waals surface area contributed by atoms with Gasteiger partial charge >= 0.3 is 0 Å². The Bertz CT molecular complexity index is 2130. The zero-order valence-corrected chi connectivity index (χ0v) is 22.6. The standard InChI is InChI=1S/C36H23BrN2/c37-26-20-25(21-28(23-26)39-33-15-7-4-12-29(33)30-13-5-8-16-34(30)39)24-18-19-36-32(22-24)31-14-6-9-17-35(31)38(36)27-10-2-1-3-11-27/h1-23H. The predicted molar refractivity (Wildman–Crippen MR) is 168 cm³/mol. The molecular weight excluding hydrogens is 540 g/mol. The molecule has 3 heteroatoms. The van der Waals surface area contributed by atoms with Crippen LogP contribution < -0.4 is 0 Å². The van der Waals surface area contributed by atoms with Gasteiger partial charge in [-0.25, -0.2) is 0 Å². The highest BCUT2D eigenvalue weighted by molar-refractivity contribution is 9.10. The lowest BCUT2D eigenvalue weighted by Gasteiger charge is -2.12. The maximum atomic E-state index is 3.83. The molecule has 0 saturated carbocycles. The van der Waals surface area contributed by atoms with E-state index in [-0.39, 0.29) is 0 Å². The molecule has 0 aliphatic rings. The topological polar surface area (TPSA) is 9.86 Å². The van der Waals surface area contributed by atoms with Crippen LogP contribution in [0, 0.1) is 0 Å². The average Bonchev–Trinajstić information content (AvgIpc) is 3.50. The molecule has 0 fully saturated rings. The number of hydrogen-bond donors (Lipinski definition) is 0. The quantitative estimate of drug-likeness (QED) is 0.202. The molecule has 0 aliphatic heterocycles. The molecule has 2 nitrogen and oxygen atoms in total. The monoisotopic (exact) mass is 562 g/mol. The summed E-state index contributed by atoms with van der Waals surface area (Å²) in [6.45, 7) is 0. The smallest absolute Gasteiger partial charge is 0.0541 e. The summed E-state index contributed by atoms with van der Waals surface area (Å²) in [5.41, 5.74) is 9.55. The number of para-hydroxylation sites is 4. The summed E-state index contributed by atoms with van der Waals surface area (Å²) in [5.74, 6) is 0. The van der Waals surface area contributed by atoms with Crippen molar-refractivity contribution in [2.24, 2.45) is 0 Å². The molecule has 6 aromatic carbocycles. The molecule has 0 radical (unpaired) electrons. The molecule has 0 saturated heterocycles. The lowest BCUT2D eigenvalue weighted by Crippen LogP contribution is -1.95. The van der Waals surface area contributed by atoms with Gasteiger partial charge in [0.1, 0.15) is 0 Å². The minimum atomic E-state index is 1.06. The highest BCUT2D eigenvalue weighted by Gasteiger charge is 2.15. The molecule has 0 unspecified atom stereocenters. The second-order valence-corrected chi connectivity index (χ2v) is 10.9. The van der Waals surface area contributed by atoms with E-state index >= 15 is 0 Å². The van der Waals surface area contributed by atoms with E-state index in [4.69, 9.17) is 0 Å². The summed E-state index contributed by atoms with van der Waals surface area (Å²) in [7, 11) is 0. The fraction of sp³-hybridized carbons (Fsp3) is 0. The van der Waals surface area contributed by atoms with E-state index in [1.807, 2.05) is 0 Å². The molecule has 0 amide bonds. The van der Waals surface area contributed by atoms with Crippen LogP contribution in [0.1, 0.15) is 0 Å². The Kier molecular flexibility index (Phi) is 5.01. The normalized spacial score (nSPS) is 11.7. The fourth-order valence-corrected chi connectivity index (χ4v) is 6.56. The van der Waals surface area contributed by atoms with E-state index in [0.29, 0.717) is 0 Å². The maximum Gasteiger partial charge on any atom is 0.0541 e. The van der Waals surface area contributed by atoms with Crippen LogP contribution >= 0.6 is 15.9 Å². The Morgan fingerprint density at radius 2 is 0.872 bits per heavy atom. The molecular formula is C36H23BrN2. The molecule has 2 aromatic heterocycles. The van der Waals surface area contributed by atoms with Gasteiger partial charge in [-0.05, 0) is 71.8 Å². The van der Waals surface area contributed by atoms with Crippen molar-refractivity contribution >= 4 is 59.5 Å². The van der Waals surface area contributed by atoms with Crippen LogP contribution in [-0.2, 0) is 0 Å². The van der Waals surface area contributed by atoms with Gasteiger partial charge in [0.15, 0.2) is 0 Å². The number of aromatic nitrogens is 2. The average molecular weight is 563 g/mol. The Balaban J connectivity index is 1.36. The SMILES string of the molecule is Brc1cc(-c2ccc3c(c2)c2ccccc2n3-c2ccccc2)cc(-n2c3ccccc3c3ccccc32)c1. The van der Waals surface area contributed by atoms with Gasteiger partial charge in [-0.1, -0.05) is 94.8 Å².